The third-order valence-electron chi connectivity index (χ3n) is 6.07. The molecule has 0 atom stereocenters. The average molecular weight is 478 g/mol. The van der Waals surface area contributed by atoms with Crippen LogP contribution in [0.1, 0.15) is 16.7 Å². The van der Waals surface area contributed by atoms with Crippen molar-refractivity contribution in [3.63, 3.8) is 0 Å². The van der Waals surface area contributed by atoms with Gasteiger partial charge < -0.3 is 25.4 Å². The highest BCUT2D eigenvalue weighted by atomic mass is 16.5. The molecule has 5 rings (SSSR count). The van der Waals surface area contributed by atoms with Gasteiger partial charge in [0.25, 0.3) is 5.91 Å². The van der Waals surface area contributed by atoms with Crippen LogP contribution in [0.5, 0.6) is 11.5 Å². The lowest BCUT2D eigenvalue weighted by Gasteiger charge is -2.16. The zero-order chi connectivity index (χ0) is 24.9. The van der Waals surface area contributed by atoms with Gasteiger partial charge in [-0.05, 0) is 41.5 Å². The second kappa shape index (κ2) is 10.3. The van der Waals surface area contributed by atoms with Crippen molar-refractivity contribution in [3.8, 4) is 11.5 Å². The lowest BCUT2D eigenvalue weighted by molar-refractivity contribution is -0.110. The van der Waals surface area contributed by atoms with E-state index < -0.39 is 0 Å². The Morgan fingerprint density at radius 2 is 1.42 bits per heavy atom. The molecular formula is C30H27N3O3. The Balaban J connectivity index is 1.49. The molecule has 0 radical (unpaired) electrons. The third-order valence-corrected chi connectivity index (χ3v) is 6.07. The largest absolute Gasteiger partial charge is 0.493 e. The van der Waals surface area contributed by atoms with Crippen molar-refractivity contribution in [2.24, 2.45) is 0 Å². The maximum Gasteiger partial charge on any atom is 0.258 e. The molecule has 4 aromatic rings. The number of hydrogen-bond acceptors (Lipinski definition) is 5. The van der Waals surface area contributed by atoms with Crippen molar-refractivity contribution < 1.29 is 14.3 Å². The molecule has 0 spiro atoms. The Labute approximate surface area is 210 Å². The van der Waals surface area contributed by atoms with Crippen LogP contribution in [-0.4, -0.2) is 20.1 Å². The first kappa shape index (κ1) is 23.1. The Bertz CT molecular complexity index is 1400. The number of methoxy groups -OCH3 is 2. The van der Waals surface area contributed by atoms with E-state index in [2.05, 4.69) is 28.1 Å². The highest BCUT2D eigenvalue weighted by Gasteiger charge is 2.30. The van der Waals surface area contributed by atoms with Gasteiger partial charge in [-0.3, -0.25) is 4.79 Å². The summed E-state index contributed by atoms with van der Waals surface area (Å²) < 4.78 is 10.9. The van der Waals surface area contributed by atoms with Crippen molar-refractivity contribution in [2.45, 2.75) is 6.54 Å². The van der Waals surface area contributed by atoms with Crippen LogP contribution in [0.2, 0.25) is 0 Å². The quantitative estimate of drug-likeness (QED) is 0.262. The molecule has 0 saturated heterocycles. The molecule has 0 unspecified atom stereocenters. The topological polar surface area (TPSA) is 71.6 Å². The molecule has 1 heterocycles. The van der Waals surface area contributed by atoms with Gasteiger partial charge >= 0.3 is 0 Å². The molecule has 4 aromatic carbocycles. The number of para-hydroxylation sites is 1. The summed E-state index contributed by atoms with van der Waals surface area (Å²) in [6.07, 6.45) is 0. The van der Waals surface area contributed by atoms with Crippen molar-refractivity contribution in [1.29, 1.82) is 0 Å². The van der Waals surface area contributed by atoms with E-state index in [1.54, 1.807) is 20.3 Å². The zero-order valence-electron chi connectivity index (χ0n) is 20.2. The standard InChI is InChI=1S/C30H27N3O3/c1-35-26-17-24-25(18-27(26)36-2)33-30(34)28(24)29(21-9-5-3-6-10-21)32-23-15-13-20(14-16-23)19-31-22-11-7-4-8-12-22/h3-18,31-32H,19H2,1-2H3,(H,33,34)/b29-28-. The van der Waals surface area contributed by atoms with E-state index >= 15 is 0 Å². The van der Waals surface area contributed by atoms with Gasteiger partial charge in [-0.1, -0.05) is 60.7 Å². The Hall–Kier alpha value is -4.71. The lowest BCUT2D eigenvalue weighted by Crippen LogP contribution is -2.10. The lowest BCUT2D eigenvalue weighted by atomic mass is 9.99. The predicted molar refractivity (Wildman–Crippen MR) is 145 cm³/mol. The number of nitrogens with one attached hydrogen (secondary N) is 3. The van der Waals surface area contributed by atoms with Crippen LogP contribution in [0.25, 0.3) is 11.3 Å². The van der Waals surface area contributed by atoms with Crippen LogP contribution < -0.4 is 25.4 Å². The van der Waals surface area contributed by atoms with Crippen LogP contribution in [0.3, 0.4) is 0 Å². The Kier molecular flexibility index (Phi) is 6.58. The molecule has 1 aliphatic rings. The summed E-state index contributed by atoms with van der Waals surface area (Å²) in [6.45, 7) is 0.717. The molecule has 3 N–H and O–H groups in total. The molecule has 0 fully saturated rings. The minimum absolute atomic E-state index is 0.185. The van der Waals surface area contributed by atoms with Crippen LogP contribution in [-0.2, 0) is 11.3 Å². The molecule has 0 aromatic heterocycles. The molecule has 6 nitrogen and oxygen atoms in total. The SMILES string of the molecule is COc1cc2c(cc1OC)/C(=C(/Nc1ccc(CNc3ccccc3)cc1)c1ccccc1)C(=O)N2. The highest BCUT2D eigenvalue weighted by Crippen LogP contribution is 2.43. The number of anilines is 3. The van der Waals surface area contributed by atoms with E-state index in [1.807, 2.05) is 78.9 Å². The van der Waals surface area contributed by atoms with Crippen LogP contribution in [0.4, 0.5) is 17.1 Å². The van der Waals surface area contributed by atoms with E-state index in [1.165, 1.54) is 0 Å². The first-order chi connectivity index (χ1) is 17.7. The number of carbonyl (C=O) groups is 1. The van der Waals surface area contributed by atoms with E-state index in [-0.39, 0.29) is 5.91 Å². The van der Waals surface area contributed by atoms with E-state index in [0.29, 0.717) is 35.0 Å². The summed E-state index contributed by atoms with van der Waals surface area (Å²) in [7, 11) is 3.16. The number of ether oxygens (including phenoxy) is 2. The minimum Gasteiger partial charge on any atom is -0.493 e. The van der Waals surface area contributed by atoms with E-state index in [4.69, 9.17) is 9.47 Å². The molecule has 0 saturated carbocycles. The summed E-state index contributed by atoms with van der Waals surface area (Å²) >= 11 is 0. The average Bonchev–Trinajstić information content (AvgIpc) is 3.25. The third kappa shape index (κ3) is 4.74. The summed E-state index contributed by atoms with van der Waals surface area (Å²) in [4.78, 5) is 13.2. The summed E-state index contributed by atoms with van der Waals surface area (Å²) in [5.41, 5.74) is 6.72. The van der Waals surface area contributed by atoms with Crippen LogP contribution >= 0.6 is 0 Å². The van der Waals surface area contributed by atoms with Gasteiger partial charge in [-0.25, -0.2) is 0 Å². The predicted octanol–water partition coefficient (Wildman–Crippen LogP) is 6.25. The number of fused-ring (bicyclic) bond motifs is 1. The fraction of sp³-hybridized carbons (Fsp3) is 0.100. The molecule has 0 bridgehead atoms. The van der Waals surface area contributed by atoms with Crippen molar-refractivity contribution >= 4 is 34.2 Å². The number of amides is 1. The van der Waals surface area contributed by atoms with Crippen molar-refractivity contribution in [2.75, 3.05) is 30.2 Å². The second-order valence-electron chi connectivity index (χ2n) is 8.36. The van der Waals surface area contributed by atoms with Gasteiger partial charge in [-0.15, -0.1) is 0 Å². The van der Waals surface area contributed by atoms with Gasteiger partial charge in [0.1, 0.15) is 0 Å². The molecule has 180 valence electrons. The fourth-order valence-corrected chi connectivity index (χ4v) is 4.24. The highest BCUT2D eigenvalue weighted by molar-refractivity contribution is 6.37. The van der Waals surface area contributed by atoms with Crippen LogP contribution in [0.15, 0.2) is 97.1 Å². The Morgan fingerprint density at radius 3 is 2.08 bits per heavy atom. The number of rotatable bonds is 8. The summed E-state index contributed by atoms with van der Waals surface area (Å²) in [5.74, 6) is 0.940. The second-order valence-corrected chi connectivity index (χ2v) is 8.36. The van der Waals surface area contributed by atoms with Gasteiger partial charge in [0, 0.05) is 29.5 Å². The van der Waals surface area contributed by atoms with Crippen molar-refractivity contribution in [1.82, 2.24) is 0 Å². The minimum atomic E-state index is -0.185. The number of carbonyl (C=O) groups excluding carboxylic acids is 1. The molecule has 1 aliphatic heterocycles. The van der Waals surface area contributed by atoms with Gasteiger partial charge in [0.2, 0.25) is 0 Å². The summed E-state index contributed by atoms with van der Waals surface area (Å²) in [5, 5.41) is 9.90. The van der Waals surface area contributed by atoms with Gasteiger partial charge in [0.15, 0.2) is 11.5 Å². The normalized spacial score (nSPS) is 13.4. The van der Waals surface area contributed by atoms with Crippen molar-refractivity contribution in [3.05, 3.63) is 114 Å². The van der Waals surface area contributed by atoms with E-state index in [9.17, 15) is 4.79 Å². The smallest absolute Gasteiger partial charge is 0.258 e. The van der Waals surface area contributed by atoms with Gasteiger partial charge in [-0.2, -0.15) is 0 Å². The maximum absolute atomic E-state index is 13.2. The maximum atomic E-state index is 13.2. The summed E-state index contributed by atoms with van der Waals surface area (Å²) in [6, 6.07) is 31.8. The van der Waals surface area contributed by atoms with Crippen LogP contribution in [0, 0.1) is 0 Å². The molecule has 0 aliphatic carbocycles. The molecule has 6 heteroatoms. The Morgan fingerprint density at radius 1 is 0.778 bits per heavy atom. The monoisotopic (exact) mass is 477 g/mol. The fourth-order valence-electron chi connectivity index (χ4n) is 4.24. The zero-order valence-corrected chi connectivity index (χ0v) is 20.2. The molecule has 36 heavy (non-hydrogen) atoms. The first-order valence-corrected chi connectivity index (χ1v) is 11.7. The molecule has 1 amide bonds. The number of benzene rings is 4. The van der Waals surface area contributed by atoms with E-state index in [0.717, 1.165) is 28.1 Å². The number of hydrogen-bond donors (Lipinski definition) is 3. The molecular weight excluding hydrogens is 450 g/mol. The van der Waals surface area contributed by atoms with Gasteiger partial charge in [0.05, 0.1) is 31.2 Å². The first-order valence-electron chi connectivity index (χ1n) is 11.7.